The van der Waals surface area contributed by atoms with Gasteiger partial charge < -0.3 is 10.8 Å². The molecule has 0 aromatic heterocycles. The van der Waals surface area contributed by atoms with Crippen molar-refractivity contribution in [2.45, 2.75) is 24.9 Å². The number of amides is 2. The highest BCUT2D eigenvalue weighted by Crippen LogP contribution is 2.41. The number of nitrogens with one attached hydrogen (secondary N) is 1. The maximum absolute atomic E-state index is 11.5. The van der Waals surface area contributed by atoms with Gasteiger partial charge in [-0.2, -0.15) is 0 Å². The number of carbonyl (C=O) groups is 2. The molecule has 1 fully saturated rings. The van der Waals surface area contributed by atoms with Gasteiger partial charge in [-0.15, -0.1) is 0 Å². The molecule has 1 aliphatic carbocycles. The van der Waals surface area contributed by atoms with E-state index in [1.807, 2.05) is 0 Å². The summed E-state index contributed by atoms with van der Waals surface area (Å²) < 4.78 is 0. The number of carbonyl (C=O) groups excluding carboxylic acids is 2. The summed E-state index contributed by atoms with van der Waals surface area (Å²) in [6.07, 6.45) is 2.14. The second-order valence-corrected chi connectivity index (χ2v) is 4.45. The standard InChI is InChI=1S/C12H14N2O4/c13-10(15)8-3-2-7(12(17)4-1-5-12)6-9(8)11(16)14-18/h2-3,6,17-18H,1,4-5H2,(H2,13,15)(H,14,16). The van der Waals surface area contributed by atoms with Gasteiger partial charge in [-0.05, 0) is 37.0 Å². The second-order valence-electron chi connectivity index (χ2n) is 4.45. The molecule has 2 amide bonds. The van der Waals surface area contributed by atoms with Crippen molar-refractivity contribution in [2.75, 3.05) is 0 Å². The Morgan fingerprint density at radius 1 is 1.28 bits per heavy atom. The van der Waals surface area contributed by atoms with E-state index in [4.69, 9.17) is 10.9 Å². The van der Waals surface area contributed by atoms with Crippen LogP contribution in [0.3, 0.4) is 0 Å². The molecule has 0 atom stereocenters. The number of hydroxylamine groups is 1. The summed E-state index contributed by atoms with van der Waals surface area (Å²) in [7, 11) is 0. The molecule has 6 nitrogen and oxygen atoms in total. The number of nitrogens with two attached hydrogens (primary N) is 1. The predicted molar refractivity (Wildman–Crippen MR) is 62.0 cm³/mol. The maximum Gasteiger partial charge on any atom is 0.275 e. The molecule has 0 unspecified atom stereocenters. The third-order valence-corrected chi connectivity index (χ3v) is 3.35. The Balaban J connectivity index is 2.48. The van der Waals surface area contributed by atoms with Crippen molar-refractivity contribution in [3.05, 3.63) is 34.9 Å². The van der Waals surface area contributed by atoms with E-state index in [1.165, 1.54) is 17.6 Å². The predicted octanol–water partition coefficient (Wildman–Crippen LogP) is 0.276. The highest BCUT2D eigenvalue weighted by Gasteiger charge is 2.37. The molecule has 18 heavy (non-hydrogen) atoms. The van der Waals surface area contributed by atoms with Crippen LogP contribution in [0.1, 0.15) is 45.5 Å². The molecule has 0 heterocycles. The molecular formula is C12H14N2O4. The lowest BCUT2D eigenvalue weighted by Gasteiger charge is -2.37. The highest BCUT2D eigenvalue weighted by atomic mass is 16.5. The summed E-state index contributed by atoms with van der Waals surface area (Å²) >= 11 is 0. The van der Waals surface area contributed by atoms with E-state index in [0.717, 1.165) is 6.42 Å². The Kier molecular flexibility index (Phi) is 3.06. The summed E-state index contributed by atoms with van der Waals surface area (Å²) in [5.74, 6) is -1.59. The average Bonchev–Trinajstić information content (AvgIpc) is 2.34. The van der Waals surface area contributed by atoms with Crippen molar-refractivity contribution in [1.29, 1.82) is 0 Å². The molecule has 1 aliphatic rings. The van der Waals surface area contributed by atoms with Gasteiger partial charge >= 0.3 is 0 Å². The van der Waals surface area contributed by atoms with E-state index in [0.29, 0.717) is 18.4 Å². The van der Waals surface area contributed by atoms with E-state index in [1.54, 1.807) is 6.07 Å². The number of primary amides is 1. The van der Waals surface area contributed by atoms with Gasteiger partial charge in [-0.1, -0.05) is 6.07 Å². The van der Waals surface area contributed by atoms with Crippen LogP contribution in [0.2, 0.25) is 0 Å². The van der Waals surface area contributed by atoms with Gasteiger partial charge in [0.2, 0.25) is 5.91 Å². The molecule has 0 saturated heterocycles. The zero-order valence-electron chi connectivity index (χ0n) is 9.64. The van der Waals surface area contributed by atoms with Crippen molar-refractivity contribution in [3.8, 4) is 0 Å². The molecule has 1 saturated carbocycles. The molecule has 2 rings (SSSR count). The topological polar surface area (TPSA) is 113 Å². The Labute approximate surface area is 103 Å². The summed E-state index contributed by atoms with van der Waals surface area (Å²) in [5.41, 5.74) is 6.19. The minimum absolute atomic E-state index is 0.00761. The number of rotatable bonds is 3. The van der Waals surface area contributed by atoms with E-state index in [-0.39, 0.29) is 11.1 Å². The molecule has 0 spiro atoms. The van der Waals surface area contributed by atoms with Crippen LogP contribution in [0.15, 0.2) is 18.2 Å². The average molecular weight is 250 g/mol. The number of hydrogen-bond acceptors (Lipinski definition) is 4. The molecule has 96 valence electrons. The third-order valence-electron chi connectivity index (χ3n) is 3.35. The van der Waals surface area contributed by atoms with Gasteiger partial charge in [0.05, 0.1) is 16.7 Å². The fourth-order valence-electron chi connectivity index (χ4n) is 2.10. The maximum atomic E-state index is 11.5. The van der Waals surface area contributed by atoms with Gasteiger partial charge in [0.1, 0.15) is 0 Å². The Morgan fingerprint density at radius 2 is 1.94 bits per heavy atom. The summed E-state index contributed by atoms with van der Waals surface area (Å²) in [4.78, 5) is 22.7. The monoisotopic (exact) mass is 250 g/mol. The molecule has 0 bridgehead atoms. The van der Waals surface area contributed by atoms with Crippen molar-refractivity contribution >= 4 is 11.8 Å². The fraction of sp³-hybridized carbons (Fsp3) is 0.333. The third kappa shape index (κ3) is 1.96. The highest BCUT2D eigenvalue weighted by molar-refractivity contribution is 6.06. The minimum atomic E-state index is -0.944. The van der Waals surface area contributed by atoms with Gasteiger partial charge in [0, 0.05) is 0 Å². The quantitative estimate of drug-likeness (QED) is 0.455. The first-order valence-electron chi connectivity index (χ1n) is 5.59. The first-order valence-corrected chi connectivity index (χ1v) is 5.59. The van der Waals surface area contributed by atoms with E-state index < -0.39 is 17.4 Å². The molecule has 6 heteroatoms. The van der Waals surface area contributed by atoms with Crippen LogP contribution < -0.4 is 11.2 Å². The fourth-order valence-corrected chi connectivity index (χ4v) is 2.10. The van der Waals surface area contributed by atoms with Crippen LogP contribution in [-0.2, 0) is 5.60 Å². The SMILES string of the molecule is NC(=O)c1ccc(C2(O)CCC2)cc1C(=O)NO. The number of hydrogen-bond donors (Lipinski definition) is 4. The summed E-state index contributed by atoms with van der Waals surface area (Å²) in [6.45, 7) is 0. The minimum Gasteiger partial charge on any atom is -0.385 e. The van der Waals surface area contributed by atoms with E-state index >= 15 is 0 Å². The van der Waals surface area contributed by atoms with Crippen LogP contribution in [0.25, 0.3) is 0 Å². The van der Waals surface area contributed by atoms with Crippen LogP contribution in [0, 0.1) is 0 Å². The van der Waals surface area contributed by atoms with Crippen molar-refractivity contribution in [2.24, 2.45) is 5.73 Å². The van der Waals surface area contributed by atoms with Crippen molar-refractivity contribution < 1.29 is 19.9 Å². The lowest BCUT2D eigenvalue weighted by atomic mass is 9.74. The van der Waals surface area contributed by atoms with Crippen LogP contribution in [-0.4, -0.2) is 22.1 Å². The lowest BCUT2D eigenvalue weighted by Crippen LogP contribution is -2.34. The molecule has 0 radical (unpaired) electrons. The van der Waals surface area contributed by atoms with Gasteiger partial charge in [0.15, 0.2) is 0 Å². The molecular weight excluding hydrogens is 236 g/mol. The number of benzene rings is 1. The van der Waals surface area contributed by atoms with Crippen molar-refractivity contribution in [3.63, 3.8) is 0 Å². The van der Waals surface area contributed by atoms with Gasteiger partial charge in [0.25, 0.3) is 5.91 Å². The molecule has 0 aliphatic heterocycles. The molecule has 1 aromatic rings. The molecule has 1 aromatic carbocycles. The van der Waals surface area contributed by atoms with Crippen LogP contribution >= 0.6 is 0 Å². The number of aliphatic hydroxyl groups is 1. The van der Waals surface area contributed by atoms with E-state index in [2.05, 4.69) is 0 Å². The first kappa shape index (κ1) is 12.5. The van der Waals surface area contributed by atoms with Gasteiger partial charge in [-0.25, -0.2) is 5.48 Å². The van der Waals surface area contributed by atoms with E-state index in [9.17, 15) is 14.7 Å². The van der Waals surface area contributed by atoms with Crippen LogP contribution in [0.4, 0.5) is 0 Å². The summed E-state index contributed by atoms with van der Waals surface area (Å²) in [5, 5.41) is 18.8. The van der Waals surface area contributed by atoms with Crippen LogP contribution in [0.5, 0.6) is 0 Å². The normalized spacial score (nSPS) is 16.8. The second kappa shape index (κ2) is 4.40. The Morgan fingerprint density at radius 3 is 2.39 bits per heavy atom. The first-order chi connectivity index (χ1) is 8.48. The Hall–Kier alpha value is -1.92. The zero-order chi connectivity index (χ0) is 13.3. The lowest BCUT2D eigenvalue weighted by molar-refractivity contribution is -0.0388. The van der Waals surface area contributed by atoms with Crippen molar-refractivity contribution in [1.82, 2.24) is 5.48 Å². The largest absolute Gasteiger partial charge is 0.385 e. The Bertz CT molecular complexity index is 509. The smallest absolute Gasteiger partial charge is 0.275 e. The molecule has 5 N–H and O–H groups in total. The zero-order valence-corrected chi connectivity index (χ0v) is 9.64. The van der Waals surface area contributed by atoms with Gasteiger partial charge in [-0.3, -0.25) is 14.8 Å². The summed E-state index contributed by atoms with van der Waals surface area (Å²) in [6, 6.07) is 4.36.